The normalized spacial score (nSPS) is 7.00. The molecule has 5 nitrogen and oxygen atoms in total. The maximum atomic E-state index is 9.47. The number of nitrogens with two attached hydrogens (primary N) is 3. The first-order chi connectivity index (χ1) is 6.92. The fraction of sp³-hybridized carbons (Fsp3) is 0.400. The van der Waals surface area contributed by atoms with Crippen molar-refractivity contribution < 1.29 is 9.59 Å². The summed E-state index contributed by atoms with van der Waals surface area (Å²) in [4.78, 5) is 18.5. The number of urea groups is 1. The number of carbonyl (C=O) groups is 2. The van der Waals surface area contributed by atoms with Crippen molar-refractivity contribution >= 4 is 11.9 Å². The van der Waals surface area contributed by atoms with E-state index in [1.54, 1.807) is 0 Å². The van der Waals surface area contributed by atoms with E-state index in [0.29, 0.717) is 0 Å². The van der Waals surface area contributed by atoms with Gasteiger partial charge < -0.3 is 17.2 Å². The molecule has 5 heteroatoms. The molecule has 0 fully saturated rings. The second-order valence-electron chi connectivity index (χ2n) is 2.44. The summed E-state index contributed by atoms with van der Waals surface area (Å²) >= 11 is 0. The Morgan fingerprint density at radius 3 is 1.60 bits per heavy atom. The molecule has 0 bridgehead atoms. The summed E-state index contributed by atoms with van der Waals surface area (Å²) < 4.78 is 0. The Bertz CT molecular complexity index is 187. The van der Waals surface area contributed by atoms with Gasteiger partial charge in [0.25, 0.3) is 0 Å². The van der Waals surface area contributed by atoms with Crippen molar-refractivity contribution in [1.82, 2.24) is 0 Å². The van der Waals surface area contributed by atoms with Crippen LogP contribution in [-0.2, 0) is 4.79 Å². The second-order valence-corrected chi connectivity index (χ2v) is 2.44. The molecule has 0 aromatic rings. The van der Waals surface area contributed by atoms with Crippen LogP contribution >= 0.6 is 0 Å². The summed E-state index contributed by atoms with van der Waals surface area (Å²) in [5.41, 5.74) is 13.0. The highest BCUT2D eigenvalue weighted by molar-refractivity contribution is 5.84. The van der Waals surface area contributed by atoms with Crippen LogP contribution in [0, 0.1) is 0 Å². The Balaban J connectivity index is -0.000000147. The molecule has 0 saturated carbocycles. The summed E-state index contributed by atoms with van der Waals surface area (Å²) in [5.74, 6) is -0.481. The summed E-state index contributed by atoms with van der Waals surface area (Å²) in [5, 5.41) is 0. The standard InChI is InChI=1S/C6H12.C3H5NO.CH4N2O/c1-3-5-6-4-2;1-2-3(4)5;2-1(3)4/h3H,1,4-6H2,2H3;2H,1H2,(H2,4,5);(H4,2,3,4). The van der Waals surface area contributed by atoms with Crippen molar-refractivity contribution in [3.63, 3.8) is 0 Å². The van der Waals surface area contributed by atoms with Crippen LogP contribution < -0.4 is 17.2 Å². The van der Waals surface area contributed by atoms with Gasteiger partial charge in [-0.1, -0.05) is 32.4 Å². The molecule has 0 rings (SSSR count). The van der Waals surface area contributed by atoms with E-state index in [9.17, 15) is 4.79 Å². The first kappa shape index (κ1) is 18.9. The SMILES string of the molecule is C=CC(N)=O.C=CCCCC.NC(N)=O. The number of primary amides is 3. The van der Waals surface area contributed by atoms with Gasteiger partial charge in [-0.15, -0.1) is 6.58 Å². The third kappa shape index (κ3) is 123. The molecule has 0 aromatic heterocycles. The monoisotopic (exact) mass is 215 g/mol. The number of hydrogen-bond donors (Lipinski definition) is 3. The number of unbranched alkanes of at least 4 members (excludes halogenated alkanes) is 2. The van der Waals surface area contributed by atoms with Crippen LogP contribution in [0.2, 0.25) is 0 Å². The van der Waals surface area contributed by atoms with Crippen LogP contribution in [0.3, 0.4) is 0 Å². The maximum absolute atomic E-state index is 9.47. The van der Waals surface area contributed by atoms with Crippen LogP contribution in [-0.4, -0.2) is 11.9 Å². The third-order valence-electron chi connectivity index (χ3n) is 0.963. The predicted octanol–water partition coefficient (Wildman–Crippen LogP) is 1.04. The van der Waals surface area contributed by atoms with Gasteiger partial charge in [-0.25, -0.2) is 4.79 Å². The van der Waals surface area contributed by atoms with Gasteiger partial charge in [0.15, 0.2) is 0 Å². The zero-order chi connectivity index (χ0) is 12.7. The minimum Gasteiger partial charge on any atom is -0.366 e. The lowest BCUT2D eigenvalue weighted by atomic mass is 10.3. The molecule has 0 heterocycles. The molecular formula is C10H21N3O2. The number of carbonyl (C=O) groups excluding carboxylic acids is 2. The molecule has 88 valence electrons. The van der Waals surface area contributed by atoms with E-state index in [1.165, 1.54) is 19.3 Å². The third-order valence-corrected chi connectivity index (χ3v) is 0.963. The molecule has 0 radical (unpaired) electrons. The van der Waals surface area contributed by atoms with Gasteiger partial charge in [0, 0.05) is 0 Å². The van der Waals surface area contributed by atoms with E-state index in [2.05, 4.69) is 37.3 Å². The predicted molar refractivity (Wildman–Crippen MR) is 62.9 cm³/mol. The summed E-state index contributed by atoms with van der Waals surface area (Å²) in [6.45, 7) is 8.87. The van der Waals surface area contributed by atoms with Crippen molar-refractivity contribution in [3.05, 3.63) is 25.3 Å². The van der Waals surface area contributed by atoms with Gasteiger partial charge >= 0.3 is 6.03 Å². The Morgan fingerprint density at radius 2 is 1.53 bits per heavy atom. The van der Waals surface area contributed by atoms with Gasteiger partial charge in [-0.3, -0.25) is 4.79 Å². The summed E-state index contributed by atoms with van der Waals surface area (Å²) in [6, 6.07) is -0.833. The highest BCUT2D eigenvalue weighted by atomic mass is 16.2. The van der Waals surface area contributed by atoms with E-state index in [1.807, 2.05) is 6.08 Å². The molecule has 0 saturated heterocycles. The van der Waals surface area contributed by atoms with Crippen molar-refractivity contribution in [2.75, 3.05) is 0 Å². The molecule has 0 aromatic carbocycles. The van der Waals surface area contributed by atoms with Crippen molar-refractivity contribution in [3.8, 4) is 0 Å². The van der Waals surface area contributed by atoms with Gasteiger partial charge in [-0.2, -0.15) is 0 Å². The Hall–Kier alpha value is -1.78. The van der Waals surface area contributed by atoms with Crippen LogP contribution in [0.1, 0.15) is 26.2 Å². The minimum absolute atomic E-state index is 0.481. The van der Waals surface area contributed by atoms with Gasteiger partial charge in [0.1, 0.15) is 0 Å². The fourth-order valence-electron chi connectivity index (χ4n) is 0.348. The molecule has 0 aliphatic carbocycles. The fourth-order valence-corrected chi connectivity index (χ4v) is 0.348. The lowest BCUT2D eigenvalue weighted by Gasteiger charge is -1.81. The lowest BCUT2D eigenvalue weighted by molar-refractivity contribution is -0.113. The molecule has 3 amide bonds. The molecular weight excluding hydrogens is 194 g/mol. The molecule has 6 N–H and O–H groups in total. The van der Waals surface area contributed by atoms with E-state index >= 15 is 0 Å². The van der Waals surface area contributed by atoms with Crippen LogP contribution in [0.4, 0.5) is 4.79 Å². The molecule has 15 heavy (non-hydrogen) atoms. The maximum Gasteiger partial charge on any atom is 0.309 e. The highest BCUT2D eigenvalue weighted by Crippen LogP contribution is 1.91. The molecule has 0 aliphatic heterocycles. The van der Waals surface area contributed by atoms with E-state index < -0.39 is 11.9 Å². The topological polar surface area (TPSA) is 112 Å². The minimum atomic E-state index is -0.833. The van der Waals surface area contributed by atoms with Gasteiger partial charge in [0.05, 0.1) is 0 Å². The summed E-state index contributed by atoms with van der Waals surface area (Å²) in [7, 11) is 0. The first-order valence-corrected chi connectivity index (χ1v) is 4.49. The van der Waals surface area contributed by atoms with Gasteiger partial charge in [-0.05, 0) is 12.5 Å². The quantitative estimate of drug-likeness (QED) is 0.369. The van der Waals surface area contributed by atoms with E-state index in [0.717, 1.165) is 6.08 Å². The number of allylic oxidation sites excluding steroid dienone is 1. The first-order valence-electron chi connectivity index (χ1n) is 4.49. The average Bonchev–Trinajstić information content (AvgIpc) is 2.14. The average molecular weight is 215 g/mol. The number of amides is 3. The summed E-state index contributed by atoms with van der Waals surface area (Å²) in [6.07, 6.45) is 6.77. The molecule has 0 spiro atoms. The molecule has 0 unspecified atom stereocenters. The van der Waals surface area contributed by atoms with Crippen LogP contribution in [0.15, 0.2) is 25.3 Å². The zero-order valence-corrected chi connectivity index (χ0v) is 9.24. The lowest BCUT2D eigenvalue weighted by Crippen LogP contribution is -2.18. The Morgan fingerprint density at radius 1 is 1.20 bits per heavy atom. The number of hydrogen-bond acceptors (Lipinski definition) is 2. The zero-order valence-electron chi connectivity index (χ0n) is 9.24. The largest absolute Gasteiger partial charge is 0.366 e. The van der Waals surface area contributed by atoms with Crippen LogP contribution in [0.25, 0.3) is 0 Å². The molecule has 0 atom stereocenters. The van der Waals surface area contributed by atoms with Crippen molar-refractivity contribution in [2.24, 2.45) is 17.2 Å². The Kier molecular flexibility index (Phi) is 22.8. The van der Waals surface area contributed by atoms with E-state index in [-0.39, 0.29) is 0 Å². The number of rotatable bonds is 4. The van der Waals surface area contributed by atoms with Crippen molar-refractivity contribution in [1.29, 1.82) is 0 Å². The Labute approximate surface area is 91.0 Å². The highest BCUT2D eigenvalue weighted by Gasteiger charge is 1.71. The van der Waals surface area contributed by atoms with E-state index in [4.69, 9.17) is 4.79 Å². The second kappa shape index (κ2) is 18.1. The van der Waals surface area contributed by atoms with Gasteiger partial charge in [0.2, 0.25) is 5.91 Å². The van der Waals surface area contributed by atoms with Crippen molar-refractivity contribution in [2.45, 2.75) is 26.2 Å². The van der Waals surface area contributed by atoms with Crippen LogP contribution in [0.5, 0.6) is 0 Å². The molecule has 0 aliphatic rings. The smallest absolute Gasteiger partial charge is 0.309 e.